The van der Waals surface area contributed by atoms with Gasteiger partial charge < -0.3 is 14.8 Å². The number of carbonyl (C=O) groups excluding carboxylic acids is 1. The van der Waals surface area contributed by atoms with Crippen LogP contribution in [-0.4, -0.2) is 41.1 Å². The second-order valence-corrected chi connectivity index (χ2v) is 5.68. The number of nitrogens with one attached hydrogen (secondary N) is 1. The lowest BCUT2D eigenvalue weighted by atomic mass is 10.2. The summed E-state index contributed by atoms with van der Waals surface area (Å²) < 4.78 is 2.41. The smallest absolute Gasteiger partial charge is 0.250 e. The largest absolute Gasteiger partial charge is 0.337 e. The highest BCUT2D eigenvalue weighted by Crippen LogP contribution is 2.08. The molecule has 1 N–H and O–H groups in total. The number of aryl methyl sites for hydroxylation is 1. The van der Waals surface area contributed by atoms with Gasteiger partial charge in [0.25, 0.3) is 5.56 Å². The Balaban J connectivity index is 1.96. The van der Waals surface area contributed by atoms with E-state index in [9.17, 15) is 9.59 Å². The molecule has 0 aromatic carbocycles. The highest BCUT2D eigenvalue weighted by atomic mass is 79.9. The molecule has 0 saturated carbocycles. The summed E-state index contributed by atoms with van der Waals surface area (Å²) in [7, 11) is 0. The Bertz CT molecular complexity index is 515. The fourth-order valence-electron chi connectivity index (χ4n) is 2.25. The molecule has 2 rings (SSSR count). The summed E-state index contributed by atoms with van der Waals surface area (Å²) in [6, 6.07) is 3.43. The lowest BCUT2D eigenvalue weighted by Gasteiger charge is -2.34. The Labute approximate surface area is 120 Å². The Hall–Kier alpha value is -1.14. The molecule has 1 aliphatic heterocycles. The zero-order chi connectivity index (χ0) is 13.8. The van der Waals surface area contributed by atoms with Gasteiger partial charge in [0.2, 0.25) is 5.91 Å². The molecule has 1 aliphatic rings. The van der Waals surface area contributed by atoms with Crippen LogP contribution in [0.2, 0.25) is 0 Å². The molecule has 1 fully saturated rings. The third-order valence-electron chi connectivity index (χ3n) is 3.34. The molecule has 1 saturated heterocycles. The van der Waals surface area contributed by atoms with Gasteiger partial charge in [-0.1, -0.05) is 0 Å². The van der Waals surface area contributed by atoms with Crippen molar-refractivity contribution in [2.75, 3.05) is 19.6 Å². The summed E-state index contributed by atoms with van der Waals surface area (Å²) in [6.45, 7) is 4.88. The summed E-state index contributed by atoms with van der Waals surface area (Å²) in [5, 5.41) is 3.25. The molecule has 1 aromatic rings. The molecule has 5 nitrogen and oxygen atoms in total. The minimum absolute atomic E-state index is 0.0793. The van der Waals surface area contributed by atoms with Gasteiger partial charge in [0.15, 0.2) is 0 Å². The number of piperazine rings is 1. The van der Waals surface area contributed by atoms with Crippen LogP contribution >= 0.6 is 15.9 Å². The van der Waals surface area contributed by atoms with E-state index in [0.717, 1.165) is 24.1 Å². The number of carbonyl (C=O) groups is 1. The van der Waals surface area contributed by atoms with Crippen LogP contribution in [0.25, 0.3) is 0 Å². The van der Waals surface area contributed by atoms with Crippen molar-refractivity contribution in [1.29, 1.82) is 0 Å². The maximum Gasteiger partial charge on any atom is 0.250 e. The zero-order valence-electron chi connectivity index (χ0n) is 10.9. The second-order valence-electron chi connectivity index (χ2n) is 4.77. The van der Waals surface area contributed by atoms with Crippen LogP contribution in [0.15, 0.2) is 27.6 Å². The number of aromatic nitrogens is 1. The molecule has 0 spiro atoms. The molecular weight excluding hydrogens is 310 g/mol. The SMILES string of the molecule is C[C@@H]1CNCCN1C(=O)CCn1cc(Br)ccc1=O. The average Bonchev–Trinajstić information content (AvgIpc) is 2.40. The quantitative estimate of drug-likeness (QED) is 0.894. The highest BCUT2D eigenvalue weighted by Gasteiger charge is 2.22. The highest BCUT2D eigenvalue weighted by molar-refractivity contribution is 9.10. The molecule has 0 aliphatic carbocycles. The Kier molecular flexibility index (Phi) is 4.76. The van der Waals surface area contributed by atoms with E-state index in [1.54, 1.807) is 16.8 Å². The Morgan fingerprint density at radius 2 is 2.32 bits per heavy atom. The van der Waals surface area contributed by atoms with Gasteiger partial charge >= 0.3 is 0 Å². The predicted octanol–water partition coefficient (Wildman–Crippen LogP) is 0.821. The minimum atomic E-state index is -0.0793. The molecule has 1 amide bonds. The van der Waals surface area contributed by atoms with Crippen LogP contribution in [-0.2, 0) is 11.3 Å². The van der Waals surface area contributed by atoms with Crippen LogP contribution in [0.3, 0.4) is 0 Å². The van der Waals surface area contributed by atoms with Crippen LogP contribution in [0.5, 0.6) is 0 Å². The maximum absolute atomic E-state index is 12.1. The van der Waals surface area contributed by atoms with Gasteiger partial charge in [-0.15, -0.1) is 0 Å². The van der Waals surface area contributed by atoms with E-state index >= 15 is 0 Å². The molecule has 0 unspecified atom stereocenters. The van der Waals surface area contributed by atoms with Gasteiger partial charge in [0, 0.05) is 55.4 Å². The number of nitrogens with zero attached hydrogens (tertiary/aromatic N) is 2. The first-order valence-corrected chi connectivity index (χ1v) is 7.23. The number of hydrogen-bond acceptors (Lipinski definition) is 3. The lowest BCUT2D eigenvalue weighted by molar-refractivity contribution is -0.134. The van der Waals surface area contributed by atoms with Crippen LogP contribution in [0.1, 0.15) is 13.3 Å². The van der Waals surface area contributed by atoms with Crippen LogP contribution in [0, 0.1) is 0 Å². The number of pyridine rings is 1. The number of hydrogen-bond donors (Lipinski definition) is 1. The van der Waals surface area contributed by atoms with Gasteiger partial charge in [-0.05, 0) is 28.9 Å². The van der Waals surface area contributed by atoms with Crippen molar-refractivity contribution in [2.45, 2.75) is 25.9 Å². The molecule has 2 heterocycles. The summed E-state index contributed by atoms with van der Waals surface area (Å²) in [5.74, 6) is 0.112. The van der Waals surface area contributed by atoms with Crippen molar-refractivity contribution in [3.05, 3.63) is 33.2 Å². The third-order valence-corrected chi connectivity index (χ3v) is 3.80. The lowest BCUT2D eigenvalue weighted by Crippen LogP contribution is -2.52. The summed E-state index contributed by atoms with van der Waals surface area (Å²) in [5.41, 5.74) is -0.0793. The minimum Gasteiger partial charge on any atom is -0.337 e. The van der Waals surface area contributed by atoms with Crippen molar-refractivity contribution in [2.24, 2.45) is 0 Å². The Morgan fingerprint density at radius 1 is 1.53 bits per heavy atom. The summed E-state index contributed by atoms with van der Waals surface area (Å²) >= 11 is 3.33. The van der Waals surface area contributed by atoms with Crippen LogP contribution in [0.4, 0.5) is 0 Å². The van der Waals surface area contributed by atoms with E-state index in [1.807, 2.05) is 11.8 Å². The van der Waals surface area contributed by atoms with Gasteiger partial charge in [-0.3, -0.25) is 9.59 Å². The third kappa shape index (κ3) is 3.67. The van der Waals surface area contributed by atoms with Gasteiger partial charge in [0.1, 0.15) is 0 Å². The fraction of sp³-hybridized carbons (Fsp3) is 0.538. The first kappa shape index (κ1) is 14.3. The standard InChI is InChI=1S/C13H18BrN3O2/c1-10-8-15-5-7-17(10)13(19)4-6-16-9-11(14)2-3-12(16)18/h2-3,9-10,15H,4-8H2,1H3/t10-/m1/s1. The van der Waals surface area contributed by atoms with Gasteiger partial charge in [0.05, 0.1) is 0 Å². The van der Waals surface area contributed by atoms with Crippen molar-refractivity contribution < 1.29 is 4.79 Å². The van der Waals surface area contributed by atoms with Crippen molar-refractivity contribution >= 4 is 21.8 Å². The molecule has 0 radical (unpaired) electrons. The molecule has 1 atom stereocenters. The Morgan fingerprint density at radius 3 is 3.05 bits per heavy atom. The molecule has 19 heavy (non-hydrogen) atoms. The van der Waals surface area contributed by atoms with Crippen LogP contribution < -0.4 is 10.9 Å². The fourth-order valence-corrected chi connectivity index (χ4v) is 2.63. The topological polar surface area (TPSA) is 54.3 Å². The zero-order valence-corrected chi connectivity index (χ0v) is 12.5. The van der Waals surface area contributed by atoms with E-state index in [4.69, 9.17) is 0 Å². The average molecular weight is 328 g/mol. The first-order chi connectivity index (χ1) is 9.08. The summed E-state index contributed by atoms with van der Waals surface area (Å²) in [4.78, 5) is 25.7. The molecule has 104 valence electrons. The monoisotopic (exact) mass is 327 g/mol. The molecule has 1 aromatic heterocycles. The van der Waals surface area contributed by atoms with Crippen molar-refractivity contribution in [3.63, 3.8) is 0 Å². The molecule has 0 bridgehead atoms. The van der Waals surface area contributed by atoms with E-state index in [2.05, 4.69) is 21.2 Å². The summed E-state index contributed by atoms with van der Waals surface area (Å²) in [6.07, 6.45) is 2.08. The number of halogens is 1. The number of rotatable bonds is 3. The van der Waals surface area contributed by atoms with E-state index in [0.29, 0.717) is 13.0 Å². The van der Waals surface area contributed by atoms with E-state index in [-0.39, 0.29) is 17.5 Å². The predicted molar refractivity (Wildman–Crippen MR) is 77.1 cm³/mol. The van der Waals surface area contributed by atoms with E-state index < -0.39 is 0 Å². The van der Waals surface area contributed by atoms with Gasteiger partial charge in [-0.2, -0.15) is 0 Å². The van der Waals surface area contributed by atoms with Crippen molar-refractivity contribution in [3.8, 4) is 0 Å². The number of amides is 1. The molecule has 6 heteroatoms. The first-order valence-electron chi connectivity index (χ1n) is 6.44. The normalized spacial score (nSPS) is 19.5. The second kappa shape index (κ2) is 6.34. The van der Waals surface area contributed by atoms with Crippen molar-refractivity contribution in [1.82, 2.24) is 14.8 Å². The maximum atomic E-state index is 12.1. The molecular formula is C13H18BrN3O2. The van der Waals surface area contributed by atoms with E-state index in [1.165, 1.54) is 6.07 Å². The van der Waals surface area contributed by atoms with Gasteiger partial charge in [-0.25, -0.2) is 0 Å².